The quantitative estimate of drug-likeness (QED) is 0.868. The molecule has 2 atom stereocenters. The Morgan fingerprint density at radius 2 is 2.15 bits per heavy atom. The van der Waals surface area contributed by atoms with Gasteiger partial charge in [-0.1, -0.05) is 12.5 Å². The monoisotopic (exact) mass is 274 g/mol. The van der Waals surface area contributed by atoms with Crippen LogP contribution >= 0.6 is 0 Å². The van der Waals surface area contributed by atoms with Crippen molar-refractivity contribution in [2.75, 3.05) is 13.1 Å². The lowest BCUT2D eigenvalue weighted by Gasteiger charge is -2.32. The second kappa shape index (κ2) is 5.44. The van der Waals surface area contributed by atoms with Crippen LogP contribution in [0.15, 0.2) is 18.2 Å². The Kier molecular flexibility index (Phi) is 3.66. The zero-order chi connectivity index (χ0) is 14.1. The molecule has 108 valence electrons. The Balaban J connectivity index is 1.68. The van der Waals surface area contributed by atoms with E-state index in [0.717, 1.165) is 18.5 Å². The number of carbonyl (C=O) groups is 1. The van der Waals surface area contributed by atoms with Crippen LogP contribution in [-0.4, -0.2) is 41.1 Å². The van der Waals surface area contributed by atoms with E-state index in [2.05, 4.69) is 10.2 Å². The minimum atomic E-state index is -0.0716. The Hall–Kier alpha value is -1.55. The summed E-state index contributed by atoms with van der Waals surface area (Å²) in [5.74, 6) is 0.112. The molecule has 3 rings (SSSR count). The lowest BCUT2D eigenvalue weighted by atomic mass is 9.98. The van der Waals surface area contributed by atoms with Gasteiger partial charge in [0.2, 0.25) is 0 Å². The number of rotatable bonds is 2. The first-order valence-corrected chi connectivity index (χ1v) is 7.49. The first kappa shape index (κ1) is 13.4. The second-order valence-corrected chi connectivity index (χ2v) is 5.97. The summed E-state index contributed by atoms with van der Waals surface area (Å²) in [6.45, 7) is 4.09. The Labute approximate surface area is 119 Å². The summed E-state index contributed by atoms with van der Waals surface area (Å²) in [5, 5.41) is 12.9. The molecule has 2 unspecified atom stereocenters. The molecule has 4 nitrogen and oxygen atoms in total. The predicted molar refractivity (Wildman–Crippen MR) is 77.9 cm³/mol. The second-order valence-electron chi connectivity index (χ2n) is 5.97. The number of carbonyl (C=O) groups excluding carboxylic acids is 1. The predicted octanol–water partition coefficient (Wildman–Crippen LogP) is 2.06. The maximum Gasteiger partial charge on any atom is 0.251 e. The van der Waals surface area contributed by atoms with E-state index >= 15 is 0 Å². The van der Waals surface area contributed by atoms with Crippen molar-refractivity contribution in [3.8, 4) is 5.75 Å². The van der Waals surface area contributed by atoms with Crippen molar-refractivity contribution in [1.82, 2.24) is 10.2 Å². The Bertz CT molecular complexity index is 515. The van der Waals surface area contributed by atoms with E-state index in [1.165, 1.54) is 25.8 Å². The number of phenolic OH excluding ortho intramolecular Hbond substituents is 1. The minimum absolute atomic E-state index is 0.0716. The molecule has 1 aromatic rings. The first-order valence-electron chi connectivity index (χ1n) is 7.49. The van der Waals surface area contributed by atoms with Gasteiger partial charge in [0.25, 0.3) is 5.91 Å². The molecule has 2 aliphatic rings. The number of fused-ring (bicyclic) bond motifs is 1. The van der Waals surface area contributed by atoms with E-state index in [-0.39, 0.29) is 17.7 Å². The fourth-order valence-corrected chi connectivity index (χ4v) is 3.42. The molecule has 2 saturated heterocycles. The number of nitrogens with zero attached hydrogens (tertiary/aromatic N) is 1. The van der Waals surface area contributed by atoms with Gasteiger partial charge in [0.05, 0.1) is 0 Å². The molecule has 20 heavy (non-hydrogen) atoms. The Morgan fingerprint density at radius 1 is 1.30 bits per heavy atom. The van der Waals surface area contributed by atoms with Crippen molar-refractivity contribution in [3.05, 3.63) is 29.3 Å². The molecule has 0 bridgehead atoms. The highest BCUT2D eigenvalue weighted by Crippen LogP contribution is 2.27. The van der Waals surface area contributed by atoms with E-state index in [1.54, 1.807) is 18.2 Å². The summed E-state index contributed by atoms with van der Waals surface area (Å²) >= 11 is 0. The maximum atomic E-state index is 12.3. The van der Waals surface area contributed by atoms with Crippen molar-refractivity contribution in [2.24, 2.45) is 0 Å². The van der Waals surface area contributed by atoms with Crippen molar-refractivity contribution in [2.45, 2.75) is 44.7 Å². The summed E-state index contributed by atoms with van der Waals surface area (Å²) in [4.78, 5) is 14.8. The van der Waals surface area contributed by atoms with Gasteiger partial charge in [-0.3, -0.25) is 9.69 Å². The van der Waals surface area contributed by atoms with Crippen molar-refractivity contribution in [1.29, 1.82) is 0 Å². The molecule has 0 saturated carbocycles. The fourth-order valence-electron chi connectivity index (χ4n) is 3.42. The van der Waals surface area contributed by atoms with Crippen molar-refractivity contribution in [3.63, 3.8) is 0 Å². The SMILES string of the molecule is Cc1ccc(C(=O)NC2CCN3CCCCC23)cc1O. The molecule has 1 aromatic carbocycles. The van der Waals surface area contributed by atoms with Gasteiger partial charge in [0, 0.05) is 24.2 Å². The average Bonchev–Trinajstić information content (AvgIpc) is 2.85. The van der Waals surface area contributed by atoms with Gasteiger partial charge >= 0.3 is 0 Å². The fraction of sp³-hybridized carbons (Fsp3) is 0.562. The van der Waals surface area contributed by atoms with Crippen LogP contribution in [-0.2, 0) is 0 Å². The highest BCUT2D eigenvalue weighted by Gasteiger charge is 2.36. The molecule has 0 radical (unpaired) electrons. The van der Waals surface area contributed by atoms with E-state index in [4.69, 9.17) is 0 Å². The van der Waals surface area contributed by atoms with Crippen LogP contribution in [0.3, 0.4) is 0 Å². The van der Waals surface area contributed by atoms with E-state index in [0.29, 0.717) is 11.6 Å². The number of benzene rings is 1. The van der Waals surface area contributed by atoms with Crippen LogP contribution < -0.4 is 5.32 Å². The summed E-state index contributed by atoms with van der Waals surface area (Å²) in [7, 11) is 0. The summed E-state index contributed by atoms with van der Waals surface area (Å²) in [6.07, 6.45) is 4.76. The first-order chi connectivity index (χ1) is 9.65. The third-order valence-electron chi connectivity index (χ3n) is 4.64. The van der Waals surface area contributed by atoms with E-state index in [9.17, 15) is 9.90 Å². The zero-order valence-electron chi connectivity index (χ0n) is 11.9. The molecule has 2 heterocycles. The lowest BCUT2D eigenvalue weighted by molar-refractivity contribution is 0.0915. The van der Waals surface area contributed by atoms with Gasteiger partial charge in [-0.15, -0.1) is 0 Å². The highest BCUT2D eigenvalue weighted by molar-refractivity contribution is 5.95. The minimum Gasteiger partial charge on any atom is -0.508 e. The molecule has 2 N–H and O–H groups in total. The molecule has 1 amide bonds. The number of amides is 1. The standard InChI is InChI=1S/C16H22N2O2/c1-11-5-6-12(10-15(11)19)16(20)17-13-7-9-18-8-3-2-4-14(13)18/h5-6,10,13-14,19H,2-4,7-9H2,1H3,(H,17,20). The smallest absolute Gasteiger partial charge is 0.251 e. The van der Waals surface area contributed by atoms with Crippen LogP contribution in [0.4, 0.5) is 0 Å². The Morgan fingerprint density at radius 3 is 2.95 bits per heavy atom. The van der Waals surface area contributed by atoms with Crippen molar-refractivity contribution >= 4 is 5.91 Å². The molecule has 4 heteroatoms. The number of hydrogen-bond acceptors (Lipinski definition) is 3. The van der Waals surface area contributed by atoms with E-state index in [1.807, 2.05) is 6.92 Å². The van der Waals surface area contributed by atoms with Gasteiger partial charge in [0.1, 0.15) is 5.75 Å². The molecular formula is C16H22N2O2. The number of aromatic hydroxyl groups is 1. The van der Waals surface area contributed by atoms with Gasteiger partial charge in [-0.25, -0.2) is 0 Å². The third kappa shape index (κ3) is 2.52. The highest BCUT2D eigenvalue weighted by atomic mass is 16.3. The number of aryl methyl sites for hydroxylation is 1. The van der Waals surface area contributed by atoms with Crippen LogP contribution in [0, 0.1) is 6.92 Å². The number of piperidine rings is 1. The number of hydrogen-bond donors (Lipinski definition) is 2. The third-order valence-corrected chi connectivity index (χ3v) is 4.64. The summed E-state index contributed by atoms with van der Waals surface area (Å²) in [5.41, 5.74) is 1.34. The zero-order valence-corrected chi connectivity index (χ0v) is 11.9. The van der Waals surface area contributed by atoms with E-state index < -0.39 is 0 Å². The molecule has 0 aromatic heterocycles. The van der Waals surface area contributed by atoms with Gasteiger partial charge in [-0.2, -0.15) is 0 Å². The molecule has 2 aliphatic heterocycles. The van der Waals surface area contributed by atoms with Crippen molar-refractivity contribution < 1.29 is 9.90 Å². The summed E-state index contributed by atoms with van der Waals surface area (Å²) in [6, 6.07) is 5.88. The molecule has 2 fully saturated rings. The largest absolute Gasteiger partial charge is 0.508 e. The van der Waals surface area contributed by atoms with Crippen LogP contribution in [0.1, 0.15) is 41.6 Å². The van der Waals surface area contributed by atoms with Crippen LogP contribution in [0.2, 0.25) is 0 Å². The summed E-state index contributed by atoms with van der Waals surface area (Å²) < 4.78 is 0. The van der Waals surface area contributed by atoms with Gasteiger partial charge < -0.3 is 10.4 Å². The molecule has 0 aliphatic carbocycles. The maximum absolute atomic E-state index is 12.3. The van der Waals surface area contributed by atoms with Crippen LogP contribution in [0.5, 0.6) is 5.75 Å². The van der Waals surface area contributed by atoms with Gasteiger partial charge in [0.15, 0.2) is 0 Å². The normalized spacial score (nSPS) is 26.2. The lowest BCUT2D eigenvalue weighted by Crippen LogP contribution is -2.46. The topological polar surface area (TPSA) is 52.6 Å². The molecule has 0 spiro atoms. The number of phenols is 1. The average molecular weight is 274 g/mol. The number of nitrogens with one attached hydrogen (secondary N) is 1. The molecular weight excluding hydrogens is 252 g/mol. The van der Waals surface area contributed by atoms with Crippen LogP contribution in [0.25, 0.3) is 0 Å². The van der Waals surface area contributed by atoms with Gasteiger partial charge in [-0.05, 0) is 50.4 Å².